The Morgan fingerprint density at radius 1 is 0.270 bits per heavy atom. The molecule has 0 unspecified atom stereocenters. The second-order valence-electron chi connectivity index (χ2n) is 19.7. The van der Waals surface area contributed by atoms with E-state index in [0.717, 1.165) is 55.0 Å². The molecule has 0 radical (unpaired) electrons. The zero-order chi connectivity index (χ0) is 49.1. The Kier molecular flexibility index (Phi) is 8.89. The Labute approximate surface area is 428 Å². The standard InChI is InChI=1S/C70H42N4/c71-43-45-37-67(73-63-35-19-15-31-53(63)57-39-55-51-29-13-17-33-59(51)69(61(55)41-65(57)73,47-21-5-1-6-22-47)48-23-7-2-8-24-48)68(38-46(45)44-72)74-64-36-20-16-32-54(64)58-40-56-52-30-14-18-34-60(52)70(62(56)42-66(58)74,49-25-9-3-10-26-49)50-27-11-4-12-28-50/h1-42H. The molecule has 74 heavy (non-hydrogen) atoms. The molecule has 2 heterocycles. The summed E-state index contributed by atoms with van der Waals surface area (Å²) in [5, 5.41) is 26.3. The fourth-order valence-corrected chi connectivity index (χ4v) is 13.4. The van der Waals surface area contributed by atoms with E-state index in [9.17, 15) is 10.5 Å². The van der Waals surface area contributed by atoms with Gasteiger partial charge in [0.25, 0.3) is 0 Å². The minimum absolute atomic E-state index is 0.318. The van der Waals surface area contributed by atoms with Gasteiger partial charge in [-0.1, -0.05) is 206 Å². The van der Waals surface area contributed by atoms with Crippen molar-refractivity contribution < 1.29 is 0 Å². The lowest BCUT2D eigenvalue weighted by atomic mass is 9.67. The smallest absolute Gasteiger partial charge is 0.101 e. The number of benzene rings is 11. The second kappa shape index (κ2) is 15.8. The molecule has 0 saturated heterocycles. The van der Waals surface area contributed by atoms with E-state index in [0.29, 0.717) is 11.1 Å². The van der Waals surface area contributed by atoms with Gasteiger partial charge in [0.1, 0.15) is 12.1 Å². The van der Waals surface area contributed by atoms with E-state index in [1.54, 1.807) is 0 Å². The van der Waals surface area contributed by atoms with Crippen LogP contribution in [-0.2, 0) is 10.8 Å². The van der Waals surface area contributed by atoms with Gasteiger partial charge in [0.2, 0.25) is 0 Å². The van der Waals surface area contributed by atoms with Crippen LogP contribution in [0.1, 0.15) is 55.6 Å². The lowest BCUT2D eigenvalue weighted by Gasteiger charge is -2.34. The molecular formula is C70H42N4. The Hall–Kier alpha value is -10.0. The molecule has 2 aliphatic rings. The van der Waals surface area contributed by atoms with Crippen molar-refractivity contribution in [1.29, 1.82) is 10.5 Å². The monoisotopic (exact) mass is 938 g/mol. The molecule has 0 aliphatic heterocycles. The maximum Gasteiger partial charge on any atom is 0.101 e. The van der Waals surface area contributed by atoms with E-state index in [4.69, 9.17) is 0 Å². The molecule has 11 aromatic carbocycles. The fourth-order valence-electron chi connectivity index (χ4n) is 13.4. The van der Waals surface area contributed by atoms with Crippen LogP contribution in [0.15, 0.2) is 255 Å². The van der Waals surface area contributed by atoms with E-state index >= 15 is 0 Å². The summed E-state index contributed by atoms with van der Waals surface area (Å²) in [4.78, 5) is 0. The van der Waals surface area contributed by atoms with Gasteiger partial charge in [0.15, 0.2) is 0 Å². The lowest BCUT2D eigenvalue weighted by Crippen LogP contribution is -2.28. The average Bonchev–Trinajstić information content (AvgIpc) is 4.20. The first-order chi connectivity index (χ1) is 36.6. The van der Waals surface area contributed by atoms with Gasteiger partial charge >= 0.3 is 0 Å². The number of fused-ring (bicyclic) bond motifs is 12. The van der Waals surface area contributed by atoms with Crippen LogP contribution in [0, 0.1) is 22.7 Å². The zero-order valence-corrected chi connectivity index (χ0v) is 40.0. The molecule has 0 amide bonds. The second-order valence-corrected chi connectivity index (χ2v) is 19.7. The molecule has 0 bridgehead atoms. The Bertz CT molecular complexity index is 4180. The number of para-hydroxylation sites is 2. The van der Waals surface area contributed by atoms with E-state index in [1.807, 2.05) is 12.1 Å². The maximum absolute atomic E-state index is 11.0. The van der Waals surface area contributed by atoms with Crippen molar-refractivity contribution in [2.75, 3.05) is 0 Å². The van der Waals surface area contributed by atoms with E-state index in [2.05, 4.69) is 264 Å². The first-order valence-corrected chi connectivity index (χ1v) is 25.2. The lowest BCUT2D eigenvalue weighted by molar-refractivity contribution is 0.769. The van der Waals surface area contributed by atoms with Gasteiger partial charge in [-0.2, -0.15) is 10.5 Å². The van der Waals surface area contributed by atoms with Crippen LogP contribution < -0.4 is 0 Å². The molecular weight excluding hydrogens is 897 g/mol. The van der Waals surface area contributed by atoms with Crippen molar-refractivity contribution in [3.8, 4) is 45.8 Å². The molecule has 0 saturated carbocycles. The summed E-state index contributed by atoms with van der Waals surface area (Å²) in [5.41, 5.74) is 19.4. The van der Waals surface area contributed by atoms with Gasteiger partial charge in [-0.3, -0.25) is 0 Å². The zero-order valence-electron chi connectivity index (χ0n) is 40.0. The van der Waals surface area contributed by atoms with Crippen LogP contribution >= 0.6 is 0 Å². The number of nitrogens with zero attached hydrogens (tertiary/aromatic N) is 4. The minimum Gasteiger partial charge on any atom is -0.307 e. The van der Waals surface area contributed by atoms with Crippen LogP contribution in [0.2, 0.25) is 0 Å². The first kappa shape index (κ1) is 41.8. The third-order valence-corrected chi connectivity index (χ3v) is 16.3. The van der Waals surface area contributed by atoms with Crippen LogP contribution in [-0.4, -0.2) is 9.13 Å². The SMILES string of the molecule is N#Cc1cc(-n2c3ccccc3c3cc4c(cc32)C(c2ccccc2)(c2ccccc2)c2ccccc2-4)c(-n2c3ccccc3c3cc4c(cc32)C(c2ccccc2)(c2ccccc2)c2ccccc2-4)cc1C#N. The third kappa shape index (κ3) is 5.44. The van der Waals surface area contributed by atoms with Gasteiger partial charge in [0.05, 0.1) is 55.4 Å². The maximum atomic E-state index is 11.0. The summed E-state index contributed by atoms with van der Waals surface area (Å²) < 4.78 is 4.71. The molecule has 0 atom stereocenters. The highest BCUT2D eigenvalue weighted by molar-refractivity contribution is 6.14. The number of hydrogen-bond acceptors (Lipinski definition) is 2. The van der Waals surface area contributed by atoms with Crippen LogP contribution in [0.25, 0.3) is 77.2 Å². The highest BCUT2D eigenvalue weighted by Gasteiger charge is 2.48. The van der Waals surface area contributed by atoms with Gasteiger partial charge in [-0.05, 0) is 115 Å². The summed E-state index contributed by atoms with van der Waals surface area (Å²) in [6.45, 7) is 0. The topological polar surface area (TPSA) is 57.4 Å². The minimum atomic E-state index is -0.635. The molecule has 342 valence electrons. The van der Waals surface area contributed by atoms with E-state index in [1.165, 1.54) is 66.8 Å². The van der Waals surface area contributed by atoms with Crippen molar-refractivity contribution in [3.63, 3.8) is 0 Å². The molecule has 15 rings (SSSR count). The molecule has 2 aliphatic carbocycles. The summed E-state index contributed by atoms with van der Waals surface area (Å²) in [7, 11) is 0. The fraction of sp³-hybridized carbons (Fsp3) is 0.0286. The van der Waals surface area contributed by atoms with Crippen molar-refractivity contribution >= 4 is 43.6 Å². The molecule has 13 aromatic rings. The van der Waals surface area contributed by atoms with Crippen molar-refractivity contribution in [2.45, 2.75) is 10.8 Å². The quantitative estimate of drug-likeness (QED) is 0.167. The number of rotatable bonds is 6. The third-order valence-electron chi connectivity index (χ3n) is 16.3. The van der Waals surface area contributed by atoms with Gasteiger partial charge in [-0.15, -0.1) is 0 Å². The average molecular weight is 939 g/mol. The molecule has 0 N–H and O–H groups in total. The first-order valence-electron chi connectivity index (χ1n) is 25.2. The Balaban J connectivity index is 1.09. The predicted molar refractivity (Wildman–Crippen MR) is 299 cm³/mol. The Morgan fingerprint density at radius 3 is 0.959 bits per heavy atom. The largest absolute Gasteiger partial charge is 0.307 e. The number of nitriles is 2. The van der Waals surface area contributed by atoms with Crippen LogP contribution in [0.3, 0.4) is 0 Å². The van der Waals surface area contributed by atoms with Crippen LogP contribution in [0.4, 0.5) is 0 Å². The number of aromatic nitrogens is 2. The van der Waals surface area contributed by atoms with Crippen LogP contribution in [0.5, 0.6) is 0 Å². The molecule has 0 spiro atoms. The Morgan fingerprint density at radius 2 is 0.595 bits per heavy atom. The van der Waals surface area contributed by atoms with Crippen molar-refractivity contribution in [1.82, 2.24) is 9.13 Å². The van der Waals surface area contributed by atoms with Crippen molar-refractivity contribution in [2.24, 2.45) is 0 Å². The van der Waals surface area contributed by atoms with E-state index < -0.39 is 10.8 Å². The summed E-state index contributed by atoms with van der Waals surface area (Å²) >= 11 is 0. The molecule has 4 nitrogen and oxygen atoms in total. The highest BCUT2D eigenvalue weighted by atomic mass is 15.1. The summed E-state index contributed by atoms with van der Waals surface area (Å²) in [6, 6.07) is 97.1. The summed E-state index contributed by atoms with van der Waals surface area (Å²) in [5.74, 6) is 0. The van der Waals surface area contributed by atoms with Crippen molar-refractivity contribution in [3.05, 3.63) is 310 Å². The predicted octanol–water partition coefficient (Wildman–Crippen LogP) is 16.4. The highest BCUT2D eigenvalue weighted by Crippen LogP contribution is 2.59. The number of hydrogen-bond donors (Lipinski definition) is 0. The van der Waals surface area contributed by atoms with E-state index in [-0.39, 0.29) is 0 Å². The molecule has 0 fully saturated rings. The van der Waals surface area contributed by atoms with Gasteiger partial charge < -0.3 is 9.13 Å². The molecule has 2 aromatic heterocycles. The van der Waals surface area contributed by atoms with Gasteiger partial charge in [0, 0.05) is 21.5 Å². The molecule has 4 heteroatoms. The summed E-state index contributed by atoms with van der Waals surface area (Å²) in [6.07, 6.45) is 0. The normalized spacial score (nSPS) is 13.6. The van der Waals surface area contributed by atoms with Gasteiger partial charge in [-0.25, -0.2) is 0 Å².